The van der Waals surface area contributed by atoms with Crippen LogP contribution in [0.4, 0.5) is 4.79 Å². The molecule has 0 saturated carbocycles. The fourth-order valence-electron chi connectivity index (χ4n) is 5.88. The van der Waals surface area contributed by atoms with Crippen LogP contribution in [0.15, 0.2) is 76.7 Å². The lowest BCUT2D eigenvalue weighted by molar-refractivity contribution is -0.120. The Kier molecular flexibility index (Phi) is 13.5. The SMILES string of the molecule is COC1=C2C[C@@H](C)C[C@H](OC)[C@H](O)[C@@H](C)/C=C(/C)[C@H](OC(N)=O)[C@@H](OC)/C=C\C=C(\C)C(=O)NC(=C(c3ccc(OC)cc3)C1=O)C2=O. The van der Waals surface area contributed by atoms with Crippen molar-refractivity contribution in [3.05, 3.63) is 82.3 Å². The lowest BCUT2D eigenvalue weighted by Gasteiger charge is -2.30. The van der Waals surface area contributed by atoms with Gasteiger partial charge in [-0.25, -0.2) is 4.79 Å². The predicted octanol–water partition coefficient (Wildman–Crippen LogP) is 3.94. The van der Waals surface area contributed by atoms with Crippen LogP contribution in [-0.4, -0.2) is 81.5 Å². The van der Waals surface area contributed by atoms with E-state index in [0.717, 1.165) is 0 Å². The molecule has 4 N–H and O–H groups in total. The van der Waals surface area contributed by atoms with E-state index in [9.17, 15) is 24.3 Å². The van der Waals surface area contributed by atoms with Gasteiger partial charge in [0.2, 0.25) is 11.6 Å². The molecule has 2 aliphatic rings. The number of allylic oxidation sites excluding steroid dienone is 4. The van der Waals surface area contributed by atoms with Gasteiger partial charge < -0.3 is 39.8 Å². The van der Waals surface area contributed by atoms with E-state index < -0.39 is 53.9 Å². The average Bonchev–Trinajstić information content (AvgIpc) is 3.06. The quantitative estimate of drug-likeness (QED) is 0.298. The smallest absolute Gasteiger partial charge is 0.405 e. The Balaban J connectivity index is 2.22. The van der Waals surface area contributed by atoms with Gasteiger partial charge in [-0.05, 0) is 55.9 Å². The van der Waals surface area contributed by atoms with Crippen molar-refractivity contribution in [3.8, 4) is 5.75 Å². The van der Waals surface area contributed by atoms with Gasteiger partial charge in [-0.2, -0.15) is 0 Å². The van der Waals surface area contributed by atoms with Gasteiger partial charge in [0.15, 0.2) is 11.9 Å². The maximum absolute atomic E-state index is 14.2. The van der Waals surface area contributed by atoms with Gasteiger partial charge in [0, 0.05) is 31.3 Å². The number of methoxy groups -OCH3 is 4. The average molecular weight is 667 g/mol. The third-order valence-corrected chi connectivity index (χ3v) is 8.48. The second kappa shape index (κ2) is 17.0. The van der Waals surface area contributed by atoms with Gasteiger partial charge in [0.05, 0.1) is 32.0 Å². The molecule has 3 rings (SSSR count). The number of rotatable bonds is 6. The van der Waals surface area contributed by atoms with Gasteiger partial charge in [0.1, 0.15) is 17.6 Å². The van der Waals surface area contributed by atoms with Crippen LogP contribution in [0.2, 0.25) is 0 Å². The molecule has 2 bridgehead atoms. The predicted molar refractivity (Wildman–Crippen MR) is 178 cm³/mol. The van der Waals surface area contributed by atoms with Gasteiger partial charge >= 0.3 is 6.09 Å². The van der Waals surface area contributed by atoms with E-state index in [0.29, 0.717) is 23.3 Å². The molecule has 48 heavy (non-hydrogen) atoms. The molecule has 0 radical (unpaired) electrons. The molecule has 0 fully saturated rings. The lowest BCUT2D eigenvalue weighted by Crippen LogP contribution is -2.37. The largest absolute Gasteiger partial charge is 0.497 e. The van der Waals surface area contributed by atoms with Crippen LogP contribution in [0.5, 0.6) is 5.75 Å². The number of fused-ring (bicyclic) bond motifs is 2. The van der Waals surface area contributed by atoms with Crippen molar-refractivity contribution in [3.63, 3.8) is 0 Å². The standard InChI is InChI=1S/C36H46N2O10/c1-19-16-25-31(40)29(28(32(41)34(25)47-8)23-12-14-24(44-5)15-13-23)38-35(42)20(2)10-9-11-26(45-6)33(48-36(37)43)22(4)18-21(3)30(39)27(17-19)46-7/h9-15,18-19,21,26-27,30,33,39H,16-17H2,1-8H3,(H2,37,43)(H,38,42)/b11-9-,20-10-,22-18-/t19-,21+,26+,27+,30-,33+/m1/s1. The molecule has 6 atom stereocenters. The number of primary amides is 1. The molecule has 1 aliphatic heterocycles. The zero-order valence-electron chi connectivity index (χ0n) is 28.7. The molecule has 1 aromatic carbocycles. The molecule has 2 amide bonds. The summed E-state index contributed by atoms with van der Waals surface area (Å²) in [5.74, 6) is -2.08. The monoisotopic (exact) mass is 666 g/mol. The van der Waals surface area contributed by atoms with E-state index in [1.54, 1.807) is 63.3 Å². The minimum Gasteiger partial charge on any atom is -0.497 e. The third kappa shape index (κ3) is 8.88. The highest BCUT2D eigenvalue weighted by Crippen LogP contribution is 2.35. The minimum absolute atomic E-state index is 0.0232. The number of carbonyl (C=O) groups is 4. The number of amides is 2. The Hall–Kier alpha value is -4.52. The van der Waals surface area contributed by atoms with Crippen LogP contribution in [0.1, 0.15) is 46.1 Å². The highest BCUT2D eigenvalue weighted by Gasteiger charge is 2.38. The number of aliphatic hydroxyl groups is 1. The number of nitrogens with two attached hydrogens (primary N) is 1. The van der Waals surface area contributed by atoms with E-state index in [1.807, 2.05) is 6.92 Å². The Labute approximate surface area is 281 Å². The Morgan fingerprint density at radius 2 is 1.62 bits per heavy atom. The fourth-order valence-corrected chi connectivity index (χ4v) is 5.88. The number of nitrogens with one attached hydrogen (secondary N) is 1. The second-order valence-electron chi connectivity index (χ2n) is 12.0. The molecule has 12 nitrogen and oxygen atoms in total. The van der Waals surface area contributed by atoms with Crippen LogP contribution in [0.3, 0.4) is 0 Å². The number of aliphatic hydroxyl groups excluding tert-OH is 1. The molecule has 1 heterocycles. The first-order chi connectivity index (χ1) is 22.8. The summed E-state index contributed by atoms with van der Waals surface area (Å²) in [5, 5.41) is 14.0. The summed E-state index contributed by atoms with van der Waals surface area (Å²) in [6.07, 6.45) is 2.34. The second-order valence-corrected chi connectivity index (χ2v) is 12.0. The summed E-state index contributed by atoms with van der Waals surface area (Å²) >= 11 is 0. The molecule has 0 aromatic heterocycles. The highest BCUT2D eigenvalue weighted by molar-refractivity contribution is 6.39. The van der Waals surface area contributed by atoms with Crippen LogP contribution in [0.25, 0.3) is 5.57 Å². The van der Waals surface area contributed by atoms with Gasteiger partial charge in [-0.1, -0.05) is 50.3 Å². The van der Waals surface area contributed by atoms with Crippen molar-refractivity contribution in [2.24, 2.45) is 17.6 Å². The van der Waals surface area contributed by atoms with E-state index in [-0.39, 0.29) is 40.5 Å². The number of carbonyl (C=O) groups excluding carboxylic acids is 4. The fraction of sp³-hybridized carbons (Fsp3) is 0.444. The highest BCUT2D eigenvalue weighted by atomic mass is 16.6. The van der Waals surface area contributed by atoms with Gasteiger partial charge in [-0.15, -0.1) is 0 Å². The zero-order chi connectivity index (χ0) is 35.7. The molecule has 1 aliphatic carbocycles. The van der Waals surface area contributed by atoms with Crippen LogP contribution in [-0.2, 0) is 33.3 Å². The summed E-state index contributed by atoms with van der Waals surface area (Å²) < 4.78 is 27.5. The molecule has 0 unspecified atom stereocenters. The Morgan fingerprint density at radius 1 is 0.958 bits per heavy atom. The first kappa shape index (κ1) is 37.9. The Bertz CT molecular complexity index is 1540. The molecule has 260 valence electrons. The maximum Gasteiger partial charge on any atom is 0.405 e. The number of hydrogen-bond acceptors (Lipinski definition) is 10. The minimum atomic E-state index is -1.01. The van der Waals surface area contributed by atoms with Gasteiger partial charge in [0.25, 0.3) is 5.91 Å². The molecular weight excluding hydrogens is 620 g/mol. The molecular formula is C36H46N2O10. The van der Waals surface area contributed by atoms with E-state index in [2.05, 4.69) is 5.32 Å². The van der Waals surface area contributed by atoms with Gasteiger partial charge in [-0.3, -0.25) is 14.4 Å². The summed E-state index contributed by atoms with van der Waals surface area (Å²) in [4.78, 5) is 53.6. The number of hydrogen-bond donors (Lipinski definition) is 3. The normalized spacial score (nSPS) is 29.3. The van der Waals surface area contributed by atoms with E-state index in [4.69, 9.17) is 29.4 Å². The molecule has 12 heteroatoms. The first-order valence-electron chi connectivity index (χ1n) is 15.6. The number of ketones is 2. The zero-order valence-corrected chi connectivity index (χ0v) is 28.7. The van der Waals surface area contributed by atoms with Crippen molar-refractivity contribution in [1.82, 2.24) is 5.32 Å². The van der Waals surface area contributed by atoms with Crippen molar-refractivity contribution >= 4 is 29.1 Å². The van der Waals surface area contributed by atoms with Crippen LogP contribution < -0.4 is 15.8 Å². The number of benzene rings is 1. The summed E-state index contributed by atoms with van der Waals surface area (Å²) in [7, 11) is 5.73. The van der Waals surface area contributed by atoms with Crippen molar-refractivity contribution < 1.29 is 48.0 Å². The molecule has 0 saturated heterocycles. The maximum atomic E-state index is 14.2. The number of Topliss-reactive ketones (excluding diaryl/α,β-unsaturated/α-hetero) is 2. The summed E-state index contributed by atoms with van der Waals surface area (Å²) in [6, 6.07) is 6.53. The molecule has 0 spiro atoms. The van der Waals surface area contributed by atoms with E-state index >= 15 is 0 Å². The topological polar surface area (TPSA) is 173 Å². The molecule has 1 aromatic rings. The summed E-state index contributed by atoms with van der Waals surface area (Å²) in [6.45, 7) is 6.93. The lowest BCUT2D eigenvalue weighted by atomic mass is 9.82. The summed E-state index contributed by atoms with van der Waals surface area (Å²) in [5.41, 5.74) is 6.44. The van der Waals surface area contributed by atoms with Crippen LogP contribution in [0, 0.1) is 11.8 Å². The van der Waals surface area contributed by atoms with Crippen molar-refractivity contribution in [2.75, 3.05) is 28.4 Å². The first-order valence-corrected chi connectivity index (χ1v) is 15.6. The van der Waals surface area contributed by atoms with Crippen molar-refractivity contribution in [1.29, 1.82) is 0 Å². The number of ether oxygens (including phenoxy) is 5. The third-order valence-electron chi connectivity index (χ3n) is 8.48. The van der Waals surface area contributed by atoms with E-state index in [1.165, 1.54) is 34.5 Å². The van der Waals surface area contributed by atoms with Crippen molar-refractivity contribution in [2.45, 2.75) is 65.0 Å². The van der Waals surface area contributed by atoms with Crippen LogP contribution >= 0.6 is 0 Å². The Morgan fingerprint density at radius 3 is 2.19 bits per heavy atom.